The Morgan fingerprint density at radius 1 is 0.595 bits per heavy atom. The van der Waals surface area contributed by atoms with E-state index < -0.39 is 0 Å². The predicted molar refractivity (Wildman–Crippen MR) is 149 cm³/mol. The summed E-state index contributed by atoms with van der Waals surface area (Å²) in [7, 11) is 0. The highest BCUT2D eigenvalue weighted by molar-refractivity contribution is 5.85. The maximum Gasteiger partial charge on any atom is 0.155 e. The fourth-order valence-electron chi connectivity index (χ4n) is 5.69. The van der Waals surface area contributed by atoms with Crippen molar-refractivity contribution in [2.24, 2.45) is 0 Å². The summed E-state index contributed by atoms with van der Waals surface area (Å²) in [5.41, 5.74) is 12.2. The van der Waals surface area contributed by atoms with Gasteiger partial charge in [0.25, 0.3) is 0 Å². The fraction of sp³-hybridized carbons (Fsp3) is 0.121. The monoisotopic (exact) mass is 478 g/mol. The quantitative estimate of drug-likeness (QED) is 0.261. The molecule has 6 aromatic rings. The zero-order valence-corrected chi connectivity index (χ0v) is 21.1. The van der Waals surface area contributed by atoms with Crippen molar-refractivity contribution in [1.29, 1.82) is 0 Å². The van der Waals surface area contributed by atoms with E-state index in [1.54, 1.807) is 0 Å². The van der Waals surface area contributed by atoms with Crippen LogP contribution in [0.2, 0.25) is 0 Å². The van der Waals surface area contributed by atoms with Crippen LogP contribution >= 0.6 is 0 Å². The molecule has 0 radical (unpaired) electrons. The van der Waals surface area contributed by atoms with E-state index in [-0.39, 0.29) is 5.41 Å². The van der Waals surface area contributed by atoms with Crippen molar-refractivity contribution >= 4 is 5.65 Å². The van der Waals surface area contributed by atoms with E-state index >= 15 is 0 Å². The zero-order valence-electron chi connectivity index (χ0n) is 21.1. The molecule has 0 aliphatic heterocycles. The Balaban J connectivity index is 1.42. The minimum atomic E-state index is -0.210. The Morgan fingerprint density at radius 2 is 1.22 bits per heavy atom. The standard InChI is InChI=1S/C33H26N4/c1-21-34-31-17-16-27-26-15-14-24(18-28(26)33(2,3)32(27)37(31)36-21)25-19-29(22-10-6-4-7-11-22)35-30(20-25)23-12-8-5-9-13-23/h4-20H,1-3H3. The van der Waals surface area contributed by atoms with Crippen molar-refractivity contribution in [3.05, 3.63) is 120 Å². The molecule has 3 aromatic heterocycles. The van der Waals surface area contributed by atoms with Gasteiger partial charge in [-0.1, -0.05) is 86.6 Å². The van der Waals surface area contributed by atoms with Crippen LogP contribution in [-0.2, 0) is 5.41 Å². The number of benzene rings is 3. The lowest BCUT2D eigenvalue weighted by Crippen LogP contribution is -2.19. The van der Waals surface area contributed by atoms with Gasteiger partial charge < -0.3 is 0 Å². The molecule has 0 bridgehead atoms. The summed E-state index contributed by atoms with van der Waals surface area (Å²) in [5, 5.41) is 4.73. The first-order chi connectivity index (χ1) is 18.0. The smallest absolute Gasteiger partial charge is 0.155 e. The number of aromatic nitrogens is 4. The number of aryl methyl sites for hydroxylation is 1. The molecule has 1 aliphatic carbocycles. The van der Waals surface area contributed by atoms with E-state index in [2.05, 4.69) is 110 Å². The van der Waals surface area contributed by atoms with E-state index in [9.17, 15) is 0 Å². The van der Waals surface area contributed by atoms with Gasteiger partial charge in [0.2, 0.25) is 0 Å². The van der Waals surface area contributed by atoms with Crippen LogP contribution in [0, 0.1) is 6.92 Å². The largest absolute Gasteiger partial charge is 0.248 e. The average Bonchev–Trinajstić information content (AvgIpc) is 3.42. The van der Waals surface area contributed by atoms with Gasteiger partial charge in [0, 0.05) is 22.1 Å². The van der Waals surface area contributed by atoms with Crippen molar-refractivity contribution in [3.8, 4) is 44.8 Å². The number of rotatable bonds is 3. The molecule has 7 rings (SSSR count). The van der Waals surface area contributed by atoms with Gasteiger partial charge in [-0.15, -0.1) is 0 Å². The molecule has 0 spiro atoms. The van der Waals surface area contributed by atoms with Crippen molar-refractivity contribution in [1.82, 2.24) is 19.6 Å². The summed E-state index contributed by atoms with van der Waals surface area (Å²) in [6.07, 6.45) is 0. The molecule has 37 heavy (non-hydrogen) atoms. The molecule has 4 heteroatoms. The molecule has 0 saturated carbocycles. The molecule has 4 nitrogen and oxygen atoms in total. The van der Waals surface area contributed by atoms with Gasteiger partial charge >= 0.3 is 0 Å². The first kappa shape index (κ1) is 21.7. The molecule has 0 unspecified atom stereocenters. The Morgan fingerprint density at radius 3 is 1.86 bits per heavy atom. The summed E-state index contributed by atoms with van der Waals surface area (Å²) >= 11 is 0. The maximum absolute atomic E-state index is 5.05. The second-order valence-corrected chi connectivity index (χ2v) is 10.3. The average molecular weight is 479 g/mol. The fourth-order valence-corrected chi connectivity index (χ4v) is 5.69. The van der Waals surface area contributed by atoms with Gasteiger partial charge in [-0.25, -0.2) is 14.5 Å². The van der Waals surface area contributed by atoms with Crippen LogP contribution in [0.15, 0.2) is 103 Å². The van der Waals surface area contributed by atoms with Gasteiger partial charge in [0.1, 0.15) is 5.82 Å². The molecule has 0 fully saturated rings. The van der Waals surface area contributed by atoms with Gasteiger partial charge in [-0.2, -0.15) is 5.10 Å². The van der Waals surface area contributed by atoms with Crippen LogP contribution < -0.4 is 0 Å². The lowest BCUT2D eigenvalue weighted by molar-refractivity contribution is 0.610. The first-order valence-electron chi connectivity index (χ1n) is 12.6. The van der Waals surface area contributed by atoms with Crippen molar-refractivity contribution < 1.29 is 0 Å². The summed E-state index contributed by atoms with van der Waals surface area (Å²) in [6, 6.07) is 36.3. The molecule has 178 valence electrons. The van der Waals surface area contributed by atoms with Gasteiger partial charge in [0.15, 0.2) is 5.65 Å². The molecular formula is C33H26N4. The van der Waals surface area contributed by atoms with E-state index in [1.165, 1.54) is 27.9 Å². The number of hydrogen-bond donors (Lipinski definition) is 0. The lowest BCUT2D eigenvalue weighted by atomic mass is 9.84. The van der Waals surface area contributed by atoms with Crippen molar-refractivity contribution in [3.63, 3.8) is 0 Å². The Labute approximate surface area is 216 Å². The highest BCUT2D eigenvalue weighted by atomic mass is 15.3. The summed E-state index contributed by atoms with van der Waals surface area (Å²) < 4.78 is 2.03. The van der Waals surface area contributed by atoms with Crippen LogP contribution in [-0.4, -0.2) is 19.6 Å². The third-order valence-corrected chi connectivity index (χ3v) is 7.48. The van der Waals surface area contributed by atoms with Crippen LogP contribution in [0.3, 0.4) is 0 Å². The Hall–Kier alpha value is -4.57. The minimum absolute atomic E-state index is 0.210. The Kier molecular flexibility index (Phi) is 4.67. The molecule has 0 N–H and O–H groups in total. The van der Waals surface area contributed by atoms with E-state index in [4.69, 9.17) is 10.1 Å². The first-order valence-corrected chi connectivity index (χ1v) is 12.6. The SMILES string of the molecule is Cc1nc2ccc3c(n2n1)C(C)(C)c1cc(-c2cc(-c4ccccc4)nc(-c4ccccc4)c2)ccc1-3. The number of hydrogen-bond acceptors (Lipinski definition) is 3. The third kappa shape index (κ3) is 3.40. The zero-order chi connectivity index (χ0) is 25.1. The molecule has 0 saturated heterocycles. The van der Waals surface area contributed by atoms with Crippen LogP contribution in [0.4, 0.5) is 0 Å². The van der Waals surface area contributed by atoms with E-state index in [0.29, 0.717) is 0 Å². The predicted octanol–water partition coefficient (Wildman–Crippen LogP) is 7.74. The van der Waals surface area contributed by atoms with Crippen LogP contribution in [0.5, 0.6) is 0 Å². The van der Waals surface area contributed by atoms with Gasteiger partial charge in [-0.05, 0) is 59.5 Å². The Bertz CT molecular complexity index is 1740. The molecule has 3 aromatic carbocycles. The third-order valence-electron chi connectivity index (χ3n) is 7.48. The van der Waals surface area contributed by atoms with Crippen LogP contribution in [0.1, 0.15) is 30.9 Å². The normalized spacial score (nSPS) is 13.5. The highest BCUT2D eigenvalue weighted by Gasteiger charge is 2.38. The van der Waals surface area contributed by atoms with Gasteiger partial charge in [0.05, 0.1) is 17.1 Å². The summed E-state index contributed by atoms with van der Waals surface area (Å²) in [5.74, 6) is 0.791. The highest BCUT2D eigenvalue weighted by Crippen LogP contribution is 2.49. The number of nitrogens with zero attached hydrogens (tertiary/aromatic N) is 4. The number of fused-ring (bicyclic) bond motifs is 5. The molecule has 3 heterocycles. The second-order valence-electron chi connectivity index (χ2n) is 10.3. The topological polar surface area (TPSA) is 43.1 Å². The molecular weight excluding hydrogens is 452 g/mol. The molecule has 1 aliphatic rings. The van der Waals surface area contributed by atoms with E-state index in [1.807, 2.05) is 23.6 Å². The summed E-state index contributed by atoms with van der Waals surface area (Å²) in [6.45, 7) is 6.52. The van der Waals surface area contributed by atoms with Crippen molar-refractivity contribution in [2.75, 3.05) is 0 Å². The lowest BCUT2D eigenvalue weighted by Gasteiger charge is -2.22. The minimum Gasteiger partial charge on any atom is -0.248 e. The van der Waals surface area contributed by atoms with E-state index in [0.717, 1.165) is 39.5 Å². The molecule has 0 amide bonds. The molecule has 0 atom stereocenters. The van der Waals surface area contributed by atoms with Gasteiger partial charge in [-0.3, -0.25) is 0 Å². The van der Waals surface area contributed by atoms with Crippen LogP contribution in [0.25, 0.3) is 50.4 Å². The summed E-state index contributed by atoms with van der Waals surface area (Å²) in [4.78, 5) is 9.66. The second kappa shape index (κ2) is 7.97. The van der Waals surface area contributed by atoms with Crippen molar-refractivity contribution in [2.45, 2.75) is 26.2 Å². The number of pyridine rings is 2. The maximum atomic E-state index is 5.05.